The van der Waals surface area contributed by atoms with Crippen LogP contribution in [0.4, 0.5) is 0 Å². The molecule has 0 N–H and O–H groups in total. The van der Waals surface area contributed by atoms with E-state index < -0.39 is 0 Å². The minimum atomic E-state index is 0.909. The van der Waals surface area contributed by atoms with Gasteiger partial charge in [-0.2, -0.15) is 0 Å². The lowest BCUT2D eigenvalue weighted by Crippen LogP contribution is -1.84. The lowest BCUT2D eigenvalue weighted by atomic mass is 10.2. The molecule has 0 fully saturated rings. The van der Waals surface area contributed by atoms with Crippen molar-refractivity contribution in [1.82, 2.24) is 0 Å². The second-order valence-corrected chi connectivity index (χ2v) is 4.41. The summed E-state index contributed by atoms with van der Waals surface area (Å²) in [5.74, 6) is 0. The van der Waals surface area contributed by atoms with Crippen molar-refractivity contribution in [3.05, 3.63) is 31.8 Å². The summed E-state index contributed by atoms with van der Waals surface area (Å²) in [6.07, 6.45) is 0. The summed E-state index contributed by atoms with van der Waals surface area (Å²) in [7, 11) is 0. The number of hydrogen-bond acceptors (Lipinski definition) is 0. The Kier molecular flexibility index (Phi) is 3.66. The van der Waals surface area contributed by atoms with Gasteiger partial charge in [-0.3, -0.25) is 0 Å². The second kappa shape index (κ2) is 4.07. The first-order valence-electron chi connectivity index (χ1n) is 2.74. The van der Waals surface area contributed by atoms with Gasteiger partial charge in [0.25, 0.3) is 0 Å². The number of alkyl halides is 1. The maximum atomic E-state index is 3.47. The van der Waals surface area contributed by atoms with E-state index in [0.29, 0.717) is 0 Å². The molecule has 1 aromatic carbocycles. The van der Waals surface area contributed by atoms with Crippen molar-refractivity contribution in [3.63, 3.8) is 0 Å². The molecule has 0 aliphatic carbocycles. The van der Waals surface area contributed by atoms with Crippen molar-refractivity contribution >= 4 is 54.5 Å². The van der Waals surface area contributed by atoms with Gasteiger partial charge in [0.1, 0.15) is 0 Å². The lowest BCUT2D eigenvalue weighted by Gasteiger charge is -2.01. The van der Waals surface area contributed by atoms with Gasteiger partial charge in [-0.15, -0.1) is 0 Å². The highest BCUT2D eigenvalue weighted by molar-refractivity contribution is 14.1. The van der Waals surface area contributed by atoms with Crippen LogP contribution in [0.3, 0.4) is 0 Å². The minimum Gasteiger partial charge on any atom is -0.0875 e. The first-order chi connectivity index (χ1) is 4.75. The van der Waals surface area contributed by atoms with Gasteiger partial charge in [0.2, 0.25) is 0 Å². The molecule has 0 spiro atoms. The van der Waals surface area contributed by atoms with Crippen LogP contribution in [0.2, 0.25) is 0 Å². The Labute approximate surface area is 90.8 Å². The molecule has 0 saturated heterocycles. The zero-order chi connectivity index (χ0) is 7.56. The van der Waals surface area contributed by atoms with Gasteiger partial charge in [0.15, 0.2) is 0 Å². The van der Waals surface area contributed by atoms with Gasteiger partial charge in [0, 0.05) is 13.4 Å². The predicted molar refractivity (Wildman–Crippen MR) is 59.5 cm³/mol. The third-order valence-electron chi connectivity index (χ3n) is 1.20. The van der Waals surface area contributed by atoms with Crippen LogP contribution in [-0.2, 0) is 5.33 Å². The molecule has 10 heavy (non-hydrogen) atoms. The normalized spacial score (nSPS) is 9.90. The van der Waals surface area contributed by atoms with E-state index in [0.717, 1.165) is 5.33 Å². The van der Waals surface area contributed by atoms with Crippen molar-refractivity contribution < 1.29 is 0 Å². The zero-order valence-corrected chi connectivity index (χ0v) is 10.4. The van der Waals surface area contributed by atoms with E-state index in [1.807, 2.05) is 6.07 Å². The van der Waals surface area contributed by atoms with E-state index in [2.05, 4.69) is 66.6 Å². The molecule has 0 saturated carbocycles. The summed E-state index contributed by atoms with van der Waals surface area (Å²) >= 11 is 9.22. The molecule has 0 aliphatic heterocycles. The summed E-state index contributed by atoms with van der Waals surface area (Å²) in [5, 5.41) is 0.909. The summed E-state index contributed by atoms with van der Waals surface area (Å²) in [4.78, 5) is 0. The smallest absolute Gasteiger partial charge is 0.0304 e. The monoisotopic (exact) mass is 374 g/mol. The molecule has 0 radical (unpaired) electrons. The predicted octanol–water partition coefficient (Wildman–Crippen LogP) is 3.95. The molecule has 54 valence electrons. The van der Waals surface area contributed by atoms with E-state index in [9.17, 15) is 0 Å². The van der Waals surface area contributed by atoms with Crippen LogP contribution in [-0.4, -0.2) is 0 Å². The van der Waals surface area contributed by atoms with Crippen molar-refractivity contribution in [2.24, 2.45) is 0 Å². The highest BCUT2D eigenvalue weighted by Gasteiger charge is 2.00. The quantitative estimate of drug-likeness (QED) is 0.515. The van der Waals surface area contributed by atoms with Crippen molar-refractivity contribution in [2.75, 3.05) is 0 Å². The minimum absolute atomic E-state index is 0.909. The molecular weight excluding hydrogens is 371 g/mol. The van der Waals surface area contributed by atoms with Crippen molar-refractivity contribution in [3.8, 4) is 0 Å². The number of hydrogen-bond donors (Lipinski definition) is 0. The summed E-state index contributed by atoms with van der Waals surface area (Å²) in [6.45, 7) is 0. The van der Waals surface area contributed by atoms with E-state index in [-0.39, 0.29) is 0 Å². The molecule has 3 heteroatoms. The molecule has 1 aromatic rings. The fourth-order valence-electron chi connectivity index (χ4n) is 0.660. The van der Waals surface area contributed by atoms with Crippen molar-refractivity contribution in [1.29, 1.82) is 0 Å². The largest absolute Gasteiger partial charge is 0.0875 e. The van der Waals surface area contributed by atoms with E-state index >= 15 is 0 Å². The average molecular weight is 376 g/mol. The Balaban J connectivity index is 3.17. The van der Waals surface area contributed by atoms with E-state index in [4.69, 9.17) is 0 Å². The number of rotatable bonds is 1. The van der Waals surface area contributed by atoms with Crippen LogP contribution in [0.25, 0.3) is 0 Å². The lowest BCUT2D eigenvalue weighted by molar-refractivity contribution is 1.36. The van der Waals surface area contributed by atoms with Gasteiger partial charge in [-0.1, -0.05) is 37.9 Å². The van der Waals surface area contributed by atoms with Crippen LogP contribution in [0, 0.1) is 3.57 Å². The van der Waals surface area contributed by atoms with Gasteiger partial charge < -0.3 is 0 Å². The van der Waals surface area contributed by atoms with Crippen LogP contribution in [0.15, 0.2) is 22.7 Å². The molecule has 0 atom stereocenters. The van der Waals surface area contributed by atoms with Gasteiger partial charge in [0.05, 0.1) is 0 Å². The average Bonchev–Trinajstić information content (AvgIpc) is 1.88. The van der Waals surface area contributed by atoms with Crippen LogP contribution >= 0.6 is 54.5 Å². The third kappa shape index (κ3) is 1.95. The van der Waals surface area contributed by atoms with Gasteiger partial charge in [-0.25, -0.2) is 0 Å². The first-order valence-corrected chi connectivity index (χ1v) is 5.74. The summed E-state index contributed by atoms with van der Waals surface area (Å²) < 4.78 is 2.47. The Morgan fingerprint density at radius 3 is 2.50 bits per heavy atom. The summed E-state index contributed by atoms with van der Waals surface area (Å²) in [5.41, 5.74) is 1.32. The number of halogens is 3. The van der Waals surface area contributed by atoms with E-state index in [1.54, 1.807) is 0 Å². The van der Waals surface area contributed by atoms with Crippen LogP contribution < -0.4 is 0 Å². The van der Waals surface area contributed by atoms with E-state index in [1.165, 1.54) is 13.6 Å². The van der Waals surface area contributed by atoms with Gasteiger partial charge in [-0.05, 0) is 40.3 Å². The molecule has 0 aromatic heterocycles. The molecular formula is C7H5Br2I. The molecule has 0 unspecified atom stereocenters. The Morgan fingerprint density at radius 2 is 2.10 bits per heavy atom. The maximum Gasteiger partial charge on any atom is 0.0304 e. The Hall–Kier alpha value is 0.910. The highest BCUT2D eigenvalue weighted by atomic mass is 127. The van der Waals surface area contributed by atoms with Crippen LogP contribution in [0.1, 0.15) is 5.56 Å². The summed E-state index contributed by atoms with van der Waals surface area (Å²) in [6, 6.07) is 6.19. The fourth-order valence-corrected chi connectivity index (χ4v) is 3.73. The van der Waals surface area contributed by atoms with Crippen LogP contribution in [0.5, 0.6) is 0 Å². The molecule has 0 heterocycles. The first kappa shape index (κ1) is 9.00. The molecule has 1 rings (SSSR count). The molecule has 0 bridgehead atoms. The highest BCUT2D eigenvalue weighted by Crippen LogP contribution is 2.23. The topological polar surface area (TPSA) is 0 Å². The second-order valence-electron chi connectivity index (χ2n) is 1.83. The molecule has 0 aliphatic rings. The number of benzene rings is 1. The maximum absolute atomic E-state index is 3.47. The third-order valence-corrected chi connectivity index (χ3v) is 3.51. The van der Waals surface area contributed by atoms with Crippen molar-refractivity contribution in [2.45, 2.75) is 5.33 Å². The van der Waals surface area contributed by atoms with Gasteiger partial charge >= 0.3 is 0 Å². The molecule has 0 nitrogen and oxygen atoms in total. The standard InChI is InChI=1S/C7H5Br2I/c8-4-5-6(9)2-1-3-7(5)10/h1-3H,4H2. The zero-order valence-electron chi connectivity index (χ0n) is 5.07. The SMILES string of the molecule is BrCc1c(Br)cccc1I. The Bertz CT molecular complexity index is 215. The Morgan fingerprint density at radius 1 is 1.40 bits per heavy atom. The molecule has 0 amide bonds. The fraction of sp³-hybridized carbons (Fsp3) is 0.143.